The third-order valence-corrected chi connectivity index (χ3v) is 5.30. The first kappa shape index (κ1) is 11.5. The first-order valence-corrected chi connectivity index (χ1v) is 7.91. The van der Waals surface area contributed by atoms with Gasteiger partial charge in [0.05, 0.1) is 0 Å². The van der Waals surface area contributed by atoms with Gasteiger partial charge in [0.2, 0.25) is 0 Å². The Labute approximate surface area is 111 Å². The van der Waals surface area contributed by atoms with E-state index in [4.69, 9.17) is 0 Å². The van der Waals surface area contributed by atoms with Crippen LogP contribution >= 0.6 is 22.7 Å². The van der Waals surface area contributed by atoms with Gasteiger partial charge in [-0.1, -0.05) is 13.0 Å². The lowest BCUT2D eigenvalue weighted by Crippen LogP contribution is -2.15. The number of thiophene rings is 2. The molecule has 0 spiro atoms. The maximum absolute atomic E-state index is 3.57. The molecule has 1 saturated carbocycles. The quantitative estimate of drug-likeness (QED) is 0.851. The van der Waals surface area contributed by atoms with E-state index < -0.39 is 0 Å². The van der Waals surface area contributed by atoms with Gasteiger partial charge in [-0.05, 0) is 47.7 Å². The van der Waals surface area contributed by atoms with Crippen molar-refractivity contribution >= 4 is 22.7 Å². The van der Waals surface area contributed by atoms with Gasteiger partial charge >= 0.3 is 0 Å². The van der Waals surface area contributed by atoms with Crippen LogP contribution in [-0.2, 0) is 6.54 Å². The second-order valence-corrected chi connectivity index (χ2v) is 6.83. The molecule has 1 fully saturated rings. The molecular formula is C14H17NS2. The molecule has 90 valence electrons. The summed E-state index contributed by atoms with van der Waals surface area (Å²) in [5.74, 6) is 1.89. The average molecular weight is 263 g/mol. The van der Waals surface area contributed by atoms with Crippen LogP contribution in [-0.4, -0.2) is 6.54 Å². The van der Waals surface area contributed by atoms with Crippen molar-refractivity contribution in [1.29, 1.82) is 0 Å². The predicted octanol–water partition coefficient (Wildman–Crippen LogP) is 4.22. The summed E-state index contributed by atoms with van der Waals surface area (Å²) in [6.07, 6.45) is 1.41. The molecule has 0 saturated heterocycles. The number of rotatable bonds is 5. The van der Waals surface area contributed by atoms with Gasteiger partial charge < -0.3 is 5.32 Å². The number of hydrogen-bond acceptors (Lipinski definition) is 3. The topological polar surface area (TPSA) is 12.0 Å². The largest absolute Gasteiger partial charge is 0.312 e. The Hall–Kier alpha value is -0.640. The van der Waals surface area contributed by atoms with Crippen molar-refractivity contribution < 1.29 is 0 Å². The third-order valence-electron chi connectivity index (χ3n) is 3.44. The summed E-state index contributed by atoms with van der Waals surface area (Å²) in [6.45, 7) is 4.55. The minimum absolute atomic E-state index is 0.937. The Morgan fingerprint density at radius 3 is 3.00 bits per heavy atom. The smallest absolute Gasteiger partial charge is 0.0351 e. The molecule has 17 heavy (non-hydrogen) atoms. The van der Waals surface area contributed by atoms with Gasteiger partial charge in [0.25, 0.3) is 0 Å². The molecule has 1 aliphatic carbocycles. The normalized spacial score (nSPS) is 22.9. The van der Waals surface area contributed by atoms with Gasteiger partial charge in [-0.15, -0.1) is 22.7 Å². The van der Waals surface area contributed by atoms with E-state index in [1.54, 1.807) is 0 Å². The lowest BCUT2D eigenvalue weighted by molar-refractivity contribution is 0.616. The summed E-state index contributed by atoms with van der Waals surface area (Å²) >= 11 is 3.68. The van der Waals surface area contributed by atoms with E-state index in [0.717, 1.165) is 18.4 Å². The SMILES string of the molecule is CC1CC1CNCc1cc(-c2cccs2)cs1. The van der Waals surface area contributed by atoms with E-state index >= 15 is 0 Å². The van der Waals surface area contributed by atoms with Crippen LogP contribution < -0.4 is 5.32 Å². The second kappa shape index (κ2) is 4.92. The minimum Gasteiger partial charge on any atom is -0.312 e. The lowest BCUT2D eigenvalue weighted by Gasteiger charge is -2.00. The third kappa shape index (κ3) is 2.79. The molecule has 2 atom stereocenters. The van der Waals surface area contributed by atoms with Gasteiger partial charge in [-0.2, -0.15) is 0 Å². The first-order chi connectivity index (χ1) is 8.33. The van der Waals surface area contributed by atoms with Gasteiger partial charge in [0.15, 0.2) is 0 Å². The fraction of sp³-hybridized carbons (Fsp3) is 0.429. The molecule has 0 radical (unpaired) electrons. The molecule has 2 aromatic heterocycles. The van der Waals surface area contributed by atoms with Gasteiger partial charge in [0.1, 0.15) is 0 Å². The Balaban J connectivity index is 1.54. The fourth-order valence-electron chi connectivity index (χ4n) is 2.11. The molecule has 3 rings (SSSR count). The Morgan fingerprint density at radius 2 is 2.29 bits per heavy atom. The summed E-state index contributed by atoms with van der Waals surface area (Å²) in [4.78, 5) is 2.82. The number of nitrogens with one attached hydrogen (secondary N) is 1. The van der Waals surface area contributed by atoms with Crippen LogP contribution in [0.5, 0.6) is 0 Å². The van der Waals surface area contributed by atoms with Crippen molar-refractivity contribution in [2.75, 3.05) is 6.54 Å². The molecule has 2 unspecified atom stereocenters. The molecule has 2 aromatic rings. The molecule has 0 bridgehead atoms. The highest BCUT2D eigenvalue weighted by Gasteiger charge is 2.31. The molecule has 0 amide bonds. The molecule has 2 heterocycles. The first-order valence-electron chi connectivity index (χ1n) is 6.15. The second-order valence-electron chi connectivity index (χ2n) is 4.88. The maximum Gasteiger partial charge on any atom is 0.0351 e. The zero-order valence-electron chi connectivity index (χ0n) is 9.98. The van der Waals surface area contributed by atoms with E-state index in [-0.39, 0.29) is 0 Å². The Morgan fingerprint density at radius 1 is 1.41 bits per heavy atom. The van der Waals surface area contributed by atoms with Gasteiger partial charge in [-0.3, -0.25) is 0 Å². The van der Waals surface area contributed by atoms with Crippen LogP contribution in [0.15, 0.2) is 29.0 Å². The molecular weight excluding hydrogens is 246 g/mol. The van der Waals surface area contributed by atoms with E-state index in [1.807, 2.05) is 22.7 Å². The van der Waals surface area contributed by atoms with E-state index in [2.05, 4.69) is 41.2 Å². The van der Waals surface area contributed by atoms with Gasteiger partial charge in [-0.25, -0.2) is 0 Å². The van der Waals surface area contributed by atoms with Crippen LogP contribution in [0.25, 0.3) is 10.4 Å². The summed E-state index contributed by atoms with van der Waals surface area (Å²) in [5, 5.41) is 7.97. The van der Waals surface area contributed by atoms with Crippen LogP contribution in [0, 0.1) is 11.8 Å². The fourth-order valence-corrected chi connectivity index (χ4v) is 3.75. The molecule has 0 aromatic carbocycles. The predicted molar refractivity (Wildman–Crippen MR) is 76.6 cm³/mol. The summed E-state index contributed by atoms with van der Waals surface area (Å²) in [5.41, 5.74) is 1.38. The van der Waals surface area contributed by atoms with Crippen molar-refractivity contribution in [2.24, 2.45) is 11.8 Å². The van der Waals surface area contributed by atoms with Crippen molar-refractivity contribution in [2.45, 2.75) is 19.9 Å². The molecule has 1 aliphatic rings. The van der Waals surface area contributed by atoms with Crippen molar-refractivity contribution in [3.05, 3.63) is 33.8 Å². The molecule has 0 aliphatic heterocycles. The summed E-state index contributed by atoms with van der Waals surface area (Å²) < 4.78 is 0. The summed E-state index contributed by atoms with van der Waals surface area (Å²) in [6, 6.07) is 6.62. The minimum atomic E-state index is 0.937. The highest BCUT2D eigenvalue weighted by atomic mass is 32.1. The average Bonchev–Trinajstić information content (AvgIpc) is 2.81. The van der Waals surface area contributed by atoms with Crippen LogP contribution in [0.1, 0.15) is 18.2 Å². The highest BCUT2D eigenvalue weighted by Crippen LogP contribution is 2.37. The molecule has 1 N–H and O–H groups in total. The van der Waals surface area contributed by atoms with Crippen LogP contribution in [0.3, 0.4) is 0 Å². The van der Waals surface area contributed by atoms with E-state index in [1.165, 1.54) is 28.3 Å². The maximum atomic E-state index is 3.57. The standard InChI is InChI=1S/C14H17NS2/c1-10-5-11(10)7-15-8-13-6-12(9-17-13)14-3-2-4-16-14/h2-4,6,9-11,15H,5,7-8H2,1H3. The zero-order valence-corrected chi connectivity index (χ0v) is 11.6. The van der Waals surface area contributed by atoms with Crippen molar-refractivity contribution in [3.8, 4) is 10.4 Å². The Bertz CT molecular complexity index is 472. The van der Waals surface area contributed by atoms with E-state index in [0.29, 0.717) is 0 Å². The van der Waals surface area contributed by atoms with Crippen LogP contribution in [0.4, 0.5) is 0 Å². The Kier molecular flexibility index (Phi) is 3.32. The molecule has 1 nitrogen and oxygen atoms in total. The van der Waals surface area contributed by atoms with Crippen LogP contribution in [0.2, 0.25) is 0 Å². The van der Waals surface area contributed by atoms with E-state index in [9.17, 15) is 0 Å². The molecule has 3 heteroatoms. The van der Waals surface area contributed by atoms with Crippen molar-refractivity contribution in [1.82, 2.24) is 5.32 Å². The zero-order chi connectivity index (χ0) is 11.7. The lowest BCUT2D eigenvalue weighted by atomic mass is 10.2. The highest BCUT2D eigenvalue weighted by molar-refractivity contribution is 7.14. The monoisotopic (exact) mass is 263 g/mol. The number of hydrogen-bond donors (Lipinski definition) is 1. The van der Waals surface area contributed by atoms with Gasteiger partial charge in [0, 0.05) is 21.9 Å². The summed E-state index contributed by atoms with van der Waals surface area (Å²) in [7, 11) is 0. The van der Waals surface area contributed by atoms with Crippen molar-refractivity contribution in [3.63, 3.8) is 0 Å².